The van der Waals surface area contributed by atoms with Crippen LogP contribution in [0.5, 0.6) is 0 Å². The van der Waals surface area contributed by atoms with E-state index in [2.05, 4.69) is 5.10 Å². The zero-order valence-corrected chi connectivity index (χ0v) is 12.6. The number of benzene rings is 2. The molecule has 0 fully saturated rings. The standard InChI is InChI=1S/C16H13Cl2N3/c17-13-8-4-7-12(15(13)18)16(19)14-9-10-20-21(14)11-5-2-1-3-6-11/h1-10,16H,19H2. The summed E-state index contributed by atoms with van der Waals surface area (Å²) in [5, 5.41) is 5.32. The first-order chi connectivity index (χ1) is 10.2. The molecule has 5 heteroatoms. The van der Waals surface area contributed by atoms with Gasteiger partial charge in [0.05, 0.1) is 27.5 Å². The minimum atomic E-state index is -0.404. The van der Waals surface area contributed by atoms with Gasteiger partial charge in [-0.2, -0.15) is 5.10 Å². The van der Waals surface area contributed by atoms with Gasteiger partial charge in [-0.05, 0) is 29.8 Å². The van der Waals surface area contributed by atoms with E-state index < -0.39 is 6.04 Å². The van der Waals surface area contributed by atoms with Crippen LogP contribution in [0.2, 0.25) is 10.0 Å². The highest BCUT2D eigenvalue weighted by molar-refractivity contribution is 6.42. The van der Waals surface area contributed by atoms with E-state index in [9.17, 15) is 0 Å². The van der Waals surface area contributed by atoms with E-state index in [1.807, 2.05) is 53.2 Å². The molecule has 0 spiro atoms. The second-order valence-corrected chi connectivity index (χ2v) is 5.41. The first-order valence-electron chi connectivity index (χ1n) is 6.47. The van der Waals surface area contributed by atoms with Crippen molar-refractivity contribution >= 4 is 23.2 Å². The van der Waals surface area contributed by atoms with Crippen LogP contribution in [-0.2, 0) is 0 Å². The van der Waals surface area contributed by atoms with Crippen LogP contribution in [0.1, 0.15) is 17.3 Å². The Morgan fingerprint density at radius 3 is 2.48 bits per heavy atom. The Hall–Kier alpha value is -1.81. The average Bonchev–Trinajstić information content (AvgIpc) is 3.00. The van der Waals surface area contributed by atoms with Crippen LogP contribution in [0.25, 0.3) is 5.69 Å². The van der Waals surface area contributed by atoms with Gasteiger partial charge in [-0.25, -0.2) is 4.68 Å². The van der Waals surface area contributed by atoms with Gasteiger partial charge in [-0.3, -0.25) is 0 Å². The number of para-hydroxylation sites is 1. The molecular weight excluding hydrogens is 305 g/mol. The number of aromatic nitrogens is 2. The highest BCUT2D eigenvalue weighted by Gasteiger charge is 2.18. The fourth-order valence-corrected chi connectivity index (χ4v) is 2.68. The number of hydrogen-bond donors (Lipinski definition) is 1. The lowest BCUT2D eigenvalue weighted by molar-refractivity contribution is 0.739. The van der Waals surface area contributed by atoms with Crippen molar-refractivity contribution in [1.29, 1.82) is 0 Å². The molecule has 1 aromatic heterocycles. The van der Waals surface area contributed by atoms with Crippen molar-refractivity contribution in [3.8, 4) is 5.69 Å². The van der Waals surface area contributed by atoms with E-state index in [0.29, 0.717) is 10.0 Å². The van der Waals surface area contributed by atoms with Gasteiger partial charge in [0, 0.05) is 6.20 Å². The lowest BCUT2D eigenvalue weighted by Crippen LogP contribution is -2.17. The fourth-order valence-electron chi connectivity index (χ4n) is 2.25. The maximum atomic E-state index is 6.36. The quantitative estimate of drug-likeness (QED) is 0.785. The Labute approximate surface area is 132 Å². The van der Waals surface area contributed by atoms with E-state index in [1.54, 1.807) is 12.3 Å². The molecule has 0 aliphatic rings. The molecule has 2 N–H and O–H groups in total. The van der Waals surface area contributed by atoms with Crippen LogP contribution < -0.4 is 5.73 Å². The second-order valence-electron chi connectivity index (χ2n) is 4.62. The number of nitrogens with two attached hydrogens (primary N) is 1. The second kappa shape index (κ2) is 5.90. The Morgan fingerprint density at radius 2 is 1.71 bits per heavy atom. The van der Waals surface area contributed by atoms with Crippen LogP contribution in [0.3, 0.4) is 0 Å². The molecule has 3 aromatic rings. The molecule has 0 aliphatic heterocycles. The summed E-state index contributed by atoms with van der Waals surface area (Å²) in [6.07, 6.45) is 1.72. The van der Waals surface area contributed by atoms with E-state index in [0.717, 1.165) is 16.9 Å². The zero-order chi connectivity index (χ0) is 14.8. The third-order valence-electron chi connectivity index (χ3n) is 3.31. The molecule has 3 rings (SSSR count). The van der Waals surface area contributed by atoms with Gasteiger partial charge < -0.3 is 5.73 Å². The zero-order valence-electron chi connectivity index (χ0n) is 11.1. The summed E-state index contributed by atoms with van der Waals surface area (Å²) in [5.74, 6) is 0. The van der Waals surface area contributed by atoms with Crippen molar-refractivity contribution in [3.05, 3.63) is 82.1 Å². The number of halogens is 2. The molecule has 1 unspecified atom stereocenters. The molecule has 1 heterocycles. The third-order valence-corrected chi connectivity index (χ3v) is 4.14. The first kappa shape index (κ1) is 14.1. The summed E-state index contributed by atoms with van der Waals surface area (Å²) in [4.78, 5) is 0. The maximum absolute atomic E-state index is 6.36. The summed E-state index contributed by atoms with van der Waals surface area (Å²) in [6, 6.07) is 16.8. The normalized spacial score (nSPS) is 12.3. The molecule has 1 atom stereocenters. The lowest BCUT2D eigenvalue weighted by atomic mass is 10.0. The largest absolute Gasteiger partial charge is 0.319 e. The lowest BCUT2D eigenvalue weighted by Gasteiger charge is -2.16. The Morgan fingerprint density at radius 1 is 0.952 bits per heavy atom. The highest BCUT2D eigenvalue weighted by Crippen LogP contribution is 2.32. The van der Waals surface area contributed by atoms with Crippen molar-refractivity contribution < 1.29 is 0 Å². The average molecular weight is 318 g/mol. The summed E-state index contributed by atoms with van der Waals surface area (Å²) in [5.41, 5.74) is 8.95. The first-order valence-corrected chi connectivity index (χ1v) is 7.23. The van der Waals surface area contributed by atoms with Crippen molar-refractivity contribution in [3.63, 3.8) is 0 Å². The van der Waals surface area contributed by atoms with Crippen LogP contribution in [0.15, 0.2) is 60.8 Å². The number of nitrogens with zero attached hydrogens (tertiary/aromatic N) is 2. The monoisotopic (exact) mass is 317 g/mol. The molecule has 21 heavy (non-hydrogen) atoms. The maximum Gasteiger partial charge on any atom is 0.0742 e. The summed E-state index contributed by atoms with van der Waals surface area (Å²) < 4.78 is 1.81. The van der Waals surface area contributed by atoms with Crippen molar-refractivity contribution in [2.75, 3.05) is 0 Å². The molecule has 0 amide bonds. The minimum Gasteiger partial charge on any atom is -0.319 e. The third kappa shape index (κ3) is 2.68. The molecule has 0 radical (unpaired) electrons. The van der Waals surface area contributed by atoms with Crippen LogP contribution in [0.4, 0.5) is 0 Å². The van der Waals surface area contributed by atoms with Gasteiger partial charge in [0.2, 0.25) is 0 Å². The van der Waals surface area contributed by atoms with Crippen LogP contribution >= 0.6 is 23.2 Å². The van der Waals surface area contributed by atoms with Gasteiger partial charge in [0.15, 0.2) is 0 Å². The number of rotatable bonds is 3. The topological polar surface area (TPSA) is 43.8 Å². The minimum absolute atomic E-state index is 0.404. The Kier molecular flexibility index (Phi) is 3.97. The van der Waals surface area contributed by atoms with E-state index in [-0.39, 0.29) is 0 Å². The smallest absolute Gasteiger partial charge is 0.0742 e. The van der Waals surface area contributed by atoms with Gasteiger partial charge in [-0.15, -0.1) is 0 Å². The molecule has 0 bridgehead atoms. The van der Waals surface area contributed by atoms with Gasteiger partial charge in [-0.1, -0.05) is 53.5 Å². The van der Waals surface area contributed by atoms with Gasteiger partial charge in [0.1, 0.15) is 0 Å². The molecule has 2 aromatic carbocycles. The summed E-state index contributed by atoms with van der Waals surface area (Å²) in [6.45, 7) is 0. The summed E-state index contributed by atoms with van der Waals surface area (Å²) in [7, 11) is 0. The highest BCUT2D eigenvalue weighted by atomic mass is 35.5. The molecular formula is C16H13Cl2N3. The van der Waals surface area contributed by atoms with E-state index >= 15 is 0 Å². The van der Waals surface area contributed by atoms with Crippen molar-refractivity contribution in [2.24, 2.45) is 5.73 Å². The van der Waals surface area contributed by atoms with E-state index in [4.69, 9.17) is 28.9 Å². The number of hydrogen-bond acceptors (Lipinski definition) is 2. The van der Waals surface area contributed by atoms with Crippen molar-refractivity contribution in [2.45, 2.75) is 6.04 Å². The molecule has 0 saturated heterocycles. The SMILES string of the molecule is NC(c1cccc(Cl)c1Cl)c1ccnn1-c1ccccc1. The van der Waals surface area contributed by atoms with Crippen LogP contribution in [-0.4, -0.2) is 9.78 Å². The van der Waals surface area contributed by atoms with Crippen LogP contribution in [0, 0.1) is 0 Å². The molecule has 3 nitrogen and oxygen atoms in total. The van der Waals surface area contributed by atoms with Gasteiger partial charge in [0.25, 0.3) is 0 Å². The van der Waals surface area contributed by atoms with Gasteiger partial charge >= 0.3 is 0 Å². The predicted octanol–water partition coefficient (Wildman–Crippen LogP) is 4.23. The summed E-state index contributed by atoms with van der Waals surface area (Å²) >= 11 is 12.3. The fraction of sp³-hybridized carbons (Fsp3) is 0.0625. The molecule has 0 saturated carbocycles. The molecule has 106 valence electrons. The Bertz CT molecular complexity index is 753. The molecule has 0 aliphatic carbocycles. The van der Waals surface area contributed by atoms with Crippen molar-refractivity contribution in [1.82, 2.24) is 9.78 Å². The van der Waals surface area contributed by atoms with E-state index in [1.165, 1.54) is 0 Å². The predicted molar refractivity (Wildman–Crippen MR) is 86.1 cm³/mol. The Balaban J connectivity index is 2.06.